The van der Waals surface area contributed by atoms with Crippen LogP contribution in [-0.4, -0.2) is 23.1 Å². The number of thioether (sulfide) groups is 1. The van der Waals surface area contributed by atoms with Crippen LogP contribution in [0.5, 0.6) is 5.75 Å². The van der Waals surface area contributed by atoms with Gasteiger partial charge in [0.15, 0.2) is 0 Å². The molecule has 0 bridgehead atoms. The molecule has 2 aliphatic rings. The summed E-state index contributed by atoms with van der Waals surface area (Å²) in [5.41, 5.74) is 6.13. The number of rotatable bonds is 2. The van der Waals surface area contributed by atoms with Crippen LogP contribution in [0.1, 0.15) is 49.9 Å². The van der Waals surface area contributed by atoms with Gasteiger partial charge in [0.2, 0.25) is 0 Å². The molecule has 130 valence electrons. The van der Waals surface area contributed by atoms with Crippen molar-refractivity contribution < 1.29 is 4.74 Å². The van der Waals surface area contributed by atoms with E-state index in [1.165, 1.54) is 27.1 Å². The lowest BCUT2D eigenvalue weighted by molar-refractivity contribution is 0.135. The summed E-state index contributed by atoms with van der Waals surface area (Å²) in [6.07, 6.45) is 4.04. The molecular formula is C22H25NOS. The predicted molar refractivity (Wildman–Crippen MR) is 106 cm³/mol. The molecule has 0 saturated carbocycles. The van der Waals surface area contributed by atoms with E-state index in [1.54, 1.807) is 11.8 Å². The maximum Gasteiger partial charge on any atom is 0.137 e. The molecule has 0 atom stereocenters. The summed E-state index contributed by atoms with van der Waals surface area (Å²) in [7, 11) is 0. The molecule has 0 fully saturated rings. The Balaban J connectivity index is 2.00. The Bertz CT molecular complexity index is 865. The Morgan fingerprint density at radius 3 is 2.44 bits per heavy atom. The number of benzene rings is 2. The van der Waals surface area contributed by atoms with Crippen molar-refractivity contribution in [3.63, 3.8) is 0 Å². The fraction of sp³-hybridized carbons (Fsp3) is 0.409. The molecule has 3 heteroatoms. The molecular weight excluding hydrogens is 326 g/mol. The highest BCUT2D eigenvalue weighted by Gasteiger charge is 2.39. The lowest BCUT2D eigenvalue weighted by Crippen LogP contribution is -2.30. The Morgan fingerprint density at radius 2 is 1.76 bits per heavy atom. The van der Waals surface area contributed by atoms with Gasteiger partial charge in [-0.15, -0.1) is 11.8 Å². The van der Waals surface area contributed by atoms with Gasteiger partial charge in [0.25, 0.3) is 0 Å². The van der Waals surface area contributed by atoms with Crippen molar-refractivity contribution in [3.05, 3.63) is 58.7 Å². The van der Waals surface area contributed by atoms with E-state index in [2.05, 4.69) is 70.3 Å². The lowest BCUT2D eigenvalue weighted by atomic mass is 9.81. The van der Waals surface area contributed by atoms with Crippen molar-refractivity contribution >= 4 is 17.5 Å². The van der Waals surface area contributed by atoms with E-state index in [0.717, 1.165) is 24.3 Å². The third kappa shape index (κ3) is 2.89. The number of hydrogen-bond acceptors (Lipinski definition) is 3. The highest BCUT2D eigenvalue weighted by Crippen LogP contribution is 2.47. The van der Waals surface area contributed by atoms with Gasteiger partial charge in [0.1, 0.15) is 11.4 Å². The van der Waals surface area contributed by atoms with Crippen molar-refractivity contribution in [2.24, 2.45) is 4.99 Å². The molecule has 0 saturated heterocycles. The van der Waals surface area contributed by atoms with Crippen LogP contribution in [0.25, 0.3) is 0 Å². The van der Waals surface area contributed by atoms with Crippen molar-refractivity contribution in [2.75, 3.05) is 6.26 Å². The lowest BCUT2D eigenvalue weighted by Gasteiger charge is -2.31. The third-order valence-electron chi connectivity index (χ3n) is 4.95. The minimum absolute atomic E-state index is 0.0862. The molecule has 0 radical (unpaired) electrons. The van der Waals surface area contributed by atoms with Gasteiger partial charge in [-0.05, 0) is 52.0 Å². The molecule has 25 heavy (non-hydrogen) atoms. The van der Waals surface area contributed by atoms with E-state index in [-0.39, 0.29) is 11.1 Å². The van der Waals surface area contributed by atoms with E-state index in [0.29, 0.717) is 0 Å². The second kappa shape index (κ2) is 5.63. The summed E-state index contributed by atoms with van der Waals surface area (Å²) >= 11 is 1.78. The highest BCUT2D eigenvalue weighted by atomic mass is 32.2. The molecule has 0 amide bonds. The first kappa shape index (κ1) is 16.7. The van der Waals surface area contributed by atoms with Crippen molar-refractivity contribution in [1.82, 2.24) is 0 Å². The van der Waals surface area contributed by atoms with Crippen LogP contribution in [0, 0.1) is 0 Å². The van der Waals surface area contributed by atoms with Crippen LogP contribution in [0.4, 0.5) is 0 Å². The minimum atomic E-state index is -0.156. The van der Waals surface area contributed by atoms with Gasteiger partial charge < -0.3 is 4.74 Å². The number of hydrogen-bond donors (Lipinski definition) is 0. The molecule has 2 nitrogen and oxygen atoms in total. The van der Waals surface area contributed by atoms with Crippen molar-refractivity contribution in [2.45, 2.75) is 56.6 Å². The minimum Gasteiger partial charge on any atom is -0.486 e. The molecule has 2 aromatic rings. The van der Waals surface area contributed by atoms with Crippen LogP contribution in [-0.2, 0) is 12.8 Å². The quantitative estimate of drug-likeness (QED) is 0.685. The summed E-state index contributed by atoms with van der Waals surface area (Å²) in [6.45, 7) is 8.81. The largest absolute Gasteiger partial charge is 0.486 e. The molecule has 2 aliphatic heterocycles. The smallest absolute Gasteiger partial charge is 0.137 e. The average Bonchev–Trinajstić information content (AvgIpc) is 2.88. The van der Waals surface area contributed by atoms with E-state index >= 15 is 0 Å². The van der Waals surface area contributed by atoms with E-state index in [9.17, 15) is 0 Å². The number of ether oxygens (including phenoxy) is 1. The van der Waals surface area contributed by atoms with Gasteiger partial charge in [-0.2, -0.15) is 0 Å². The maximum absolute atomic E-state index is 6.34. The van der Waals surface area contributed by atoms with E-state index in [1.807, 2.05) is 0 Å². The summed E-state index contributed by atoms with van der Waals surface area (Å²) in [6, 6.07) is 12.9. The van der Waals surface area contributed by atoms with Crippen molar-refractivity contribution in [1.29, 1.82) is 0 Å². The van der Waals surface area contributed by atoms with E-state index < -0.39 is 0 Å². The first-order chi connectivity index (χ1) is 11.8. The summed E-state index contributed by atoms with van der Waals surface area (Å²) in [4.78, 5) is 6.41. The number of aliphatic imine (C=N–C) groups is 1. The monoisotopic (exact) mass is 351 g/mol. The molecule has 0 spiro atoms. The van der Waals surface area contributed by atoms with Crippen LogP contribution < -0.4 is 4.74 Å². The van der Waals surface area contributed by atoms with Crippen LogP contribution >= 0.6 is 11.8 Å². The Hall–Kier alpha value is -1.74. The highest BCUT2D eigenvalue weighted by molar-refractivity contribution is 7.98. The Kier molecular flexibility index (Phi) is 3.77. The Morgan fingerprint density at radius 1 is 1.04 bits per heavy atom. The number of nitrogens with zero attached hydrogens (tertiary/aromatic N) is 1. The van der Waals surface area contributed by atoms with Crippen LogP contribution in [0.3, 0.4) is 0 Å². The summed E-state index contributed by atoms with van der Waals surface area (Å²) in [5, 5.41) is 0. The topological polar surface area (TPSA) is 21.6 Å². The Labute approximate surface area is 154 Å². The van der Waals surface area contributed by atoms with Gasteiger partial charge in [-0.3, -0.25) is 4.99 Å². The van der Waals surface area contributed by atoms with Gasteiger partial charge in [0, 0.05) is 28.0 Å². The maximum atomic E-state index is 6.34. The van der Waals surface area contributed by atoms with Crippen LogP contribution in [0.15, 0.2) is 46.3 Å². The third-order valence-corrected chi connectivity index (χ3v) is 5.69. The van der Waals surface area contributed by atoms with E-state index in [4.69, 9.17) is 9.73 Å². The van der Waals surface area contributed by atoms with Gasteiger partial charge in [-0.25, -0.2) is 0 Å². The van der Waals surface area contributed by atoms with Gasteiger partial charge in [-0.1, -0.05) is 30.3 Å². The SMILES string of the molecule is CSc1cc2c(c3c1OC(C)(C)C3)C(c1ccccc1)=NC(C)(C)C2. The zero-order valence-corrected chi connectivity index (χ0v) is 16.5. The average molecular weight is 352 g/mol. The van der Waals surface area contributed by atoms with Crippen molar-refractivity contribution in [3.8, 4) is 5.75 Å². The standard InChI is InChI=1S/C22H25NOS/c1-21(2)12-15-11-17(25-5)20-16(13-22(3,4)24-20)18(15)19(23-21)14-9-7-6-8-10-14/h6-11H,12-13H2,1-5H3. The van der Waals surface area contributed by atoms with Crippen LogP contribution in [0.2, 0.25) is 0 Å². The molecule has 0 unspecified atom stereocenters. The first-order valence-corrected chi connectivity index (χ1v) is 10.1. The molecule has 2 heterocycles. The van der Waals surface area contributed by atoms with Gasteiger partial charge >= 0.3 is 0 Å². The molecule has 4 rings (SSSR count). The second-order valence-corrected chi connectivity index (χ2v) is 9.12. The zero-order chi connectivity index (χ0) is 17.8. The van der Waals surface area contributed by atoms with Gasteiger partial charge in [0.05, 0.1) is 11.3 Å². The fourth-order valence-corrected chi connectivity index (χ4v) is 4.64. The number of fused-ring (bicyclic) bond motifs is 3. The summed E-state index contributed by atoms with van der Waals surface area (Å²) in [5.74, 6) is 1.07. The molecule has 0 aromatic heterocycles. The molecule has 2 aromatic carbocycles. The molecule has 0 N–H and O–H groups in total. The second-order valence-electron chi connectivity index (χ2n) is 8.27. The predicted octanol–water partition coefficient (Wildman–Crippen LogP) is 5.29. The molecule has 0 aliphatic carbocycles. The fourth-order valence-electron chi connectivity index (χ4n) is 4.03. The summed E-state index contributed by atoms with van der Waals surface area (Å²) < 4.78 is 6.34. The first-order valence-electron chi connectivity index (χ1n) is 8.87. The zero-order valence-electron chi connectivity index (χ0n) is 15.6. The normalized spacial score (nSPS) is 19.6.